The normalized spacial score (nSPS) is 15.7. The number of thioether (sulfide) groups is 1. The molecule has 1 N–H and O–H groups in total. The monoisotopic (exact) mass is 460 g/mol. The van der Waals surface area contributed by atoms with Gasteiger partial charge in [-0.2, -0.15) is 11.8 Å². The van der Waals surface area contributed by atoms with Crippen molar-refractivity contribution in [2.75, 3.05) is 24.6 Å². The largest absolute Gasteiger partial charge is 0.321 e. The van der Waals surface area contributed by atoms with Crippen molar-refractivity contribution < 1.29 is 0 Å². The van der Waals surface area contributed by atoms with E-state index in [1.54, 1.807) is 0 Å². The lowest BCUT2D eigenvalue weighted by Gasteiger charge is -2.33. The maximum absolute atomic E-state index is 13.4. The van der Waals surface area contributed by atoms with Gasteiger partial charge >= 0.3 is 0 Å². The molecule has 2 aromatic heterocycles. The molecule has 1 aliphatic rings. The molecule has 0 spiro atoms. The zero-order valence-electron chi connectivity index (χ0n) is 19.0. The number of hydrogen-bond donors (Lipinski definition) is 1. The van der Waals surface area contributed by atoms with Crippen molar-refractivity contribution in [1.29, 1.82) is 0 Å². The van der Waals surface area contributed by atoms with Crippen LogP contribution in [0.25, 0.3) is 10.9 Å². The Morgan fingerprint density at radius 2 is 1.88 bits per heavy atom. The van der Waals surface area contributed by atoms with E-state index < -0.39 is 0 Å². The third-order valence-corrected chi connectivity index (χ3v) is 7.49. The average molecular weight is 461 g/mol. The summed E-state index contributed by atoms with van der Waals surface area (Å²) in [7, 11) is 0. The molecule has 1 atom stereocenters. The third kappa shape index (κ3) is 4.45. The first-order valence-electron chi connectivity index (χ1n) is 11.4. The Labute approximate surface area is 197 Å². The summed E-state index contributed by atoms with van der Waals surface area (Å²) in [5, 5.41) is 13.8. The fraction of sp³-hybridized carbons (Fsp3) is 0.360. The SMILES string of the molecule is Cc1ccc2cc(C(c3nnnn3CCc3ccccc3)N3CCSCC3)c(=O)[nH]c2c1C. The summed E-state index contributed by atoms with van der Waals surface area (Å²) in [5.74, 6) is 2.80. The zero-order chi connectivity index (χ0) is 22.8. The molecule has 0 radical (unpaired) electrons. The quantitative estimate of drug-likeness (QED) is 0.474. The highest BCUT2D eigenvalue weighted by molar-refractivity contribution is 7.99. The number of aromatic nitrogens is 5. The number of rotatable bonds is 6. The van der Waals surface area contributed by atoms with Gasteiger partial charge in [-0.15, -0.1) is 5.10 Å². The number of fused-ring (bicyclic) bond motifs is 1. The number of hydrogen-bond acceptors (Lipinski definition) is 6. The molecule has 7 nitrogen and oxygen atoms in total. The maximum Gasteiger partial charge on any atom is 0.253 e. The fourth-order valence-electron chi connectivity index (χ4n) is 4.53. The summed E-state index contributed by atoms with van der Waals surface area (Å²) >= 11 is 1.94. The van der Waals surface area contributed by atoms with E-state index in [0.29, 0.717) is 12.1 Å². The maximum atomic E-state index is 13.4. The molecular formula is C25H28N6OS. The third-order valence-electron chi connectivity index (χ3n) is 6.54. The Hall–Kier alpha value is -2.97. The highest BCUT2D eigenvalue weighted by atomic mass is 32.2. The van der Waals surface area contributed by atoms with Gasteiger partial charge in [-0.05, 0) is 58.8 Å². The molecule has 1 aliphatic heterocycles. The minimum atomic E-state index is -0.286. The fourth-order valence-corrected chi connectivity index (χ4v) is 5.46. The van der Waals surface area contributed by atoms with Crippen LogP contribution >= 0.6 is 11.8 Å². The van der Waals surface area contributed by atoms with Gasteiger partial charge in [0.15, 0.2) is 5.82 Å². The molecule has 1 unspecified atom stereocenters. The summed E-state index contributed by atoms with van der Waals surface area (Å²) in [6, 6.07) is 16.3. The van der Waals surface area contributed by atoms with Crippen molar-refractivity contribution in [3.8, 4) is 0 Å². The standard InChI is InChI=1S/C25H28N6OS/c1-17-8-9-20-16-21(25(32)26-22(20)18(17)2)23(30-12-14-33-15-13-30)24-27-28-29-31(24)11-10-19-6-4-3-5-7-19/h3-9,16,23H,10-15H2,1-2H3,(H,26,32). The summed E-state index contributed by atoms with van der Waals surface area (Å²) < 4.78 is 1.86. The van der Waals surface area contributed by atoms with Gasteiger partial charge in [-0.3, -0.25) is 9.69 Å². The van der Waals surface area contributed by atoms with Gasteiger partial charge in [0.2, 0.25) is 0 Å². The van der Waals surface area contributed by atoms with Crippen LogP contribution in [0.1, 0.15) is 34.1 Å². The molecule has 2 aromatic carbocycles. The second-order valence-corrected chi connectivity index (χ2v) is 9.80. The van der Waals surface area contributed by atoms with Gasteiger partial charge < -0.3 is 4.98 Å². The Morgan fingerprint density at radius 1 is 1.09 bits per heavy atom. The number of pyridine rings is 1. The lowest BCUT2D eigenvalue weighted by molar-refractivity contribution is 0.233. The highest BCUT2D eigenvalue weighted by Crippen LogP contribution is 2.30. The number of nitrogens with one attached hydrogen (secondary N) is 1. The number of aryl methyl sites for hydroxylation is 4. The Kier molecular flexibility index (Phi) is 6.28. The van der Waals surface area contributed by atoms with Crippen LogP contribution in [0.4, 0.5) is 0 Å². The van der Waals surface area contributed by atoms with Crippen molar-refractivity contribution in [1.82, 2.24) is 30.1 Å². The first-order chi connectivity index (χ1) is 16.1. The smallest absolute Gasteiger partial charge is 0.253 e. The van der Waals surface area contributed by atoms with Gasteiger partial charge in [-0.1, -0.05) is 42.5 Å². The van der Waals surface area contributed by atoms with Crippen LogP contribution in [-0.4, -0.2) is 54.7 Å². The predicted molar refractivity (Wildman–Crippen MR) is 133 cm³/mol. The van der Waals surface area contributed by atoms with Crippen LogP contribution < -0.4 is 5.56 Å². The summed E-state index contributed by atoms with van der Waals surface area (Å²) in [6.45, 7) is 6.57. The van der Waals surface area contributed by atoms with Gasteiger partial charge in [0.05, 0.1) is 5.52 Å². The Bertz CT molecular complexity index is 1310. The van der Waals surface area contributed by atoms with E-state index in [9.17, 15) is 4.79 Å². The van der Waals surface area contributed by atoms with Crippen LogP contribution in [0.5, 0.6) is 0 Å². The van der Waals surface area contributed by atoms with Crippen molar-refractivity contribution >= 4 is 22.7 Å². The topological polar surface area (TPSA) is 79.7 Å². The lowest BCUT2D eigenvalue weighted by Crippen LogP contribution is -2.40. The number of aromatic amines is 1. The van der Waals surface area contributed by atoms with Gasteiger partial charge in [0.1, 0.15) is 6.04 Å². The molecule has 1 fully saturated rings. The predicted octanol–water partition coefficient (Wildman–Crippen LogP) is 3.51. The van der Waals surface area contributed by atoms with Crippen LogP contribution in [0.2, 0.25) is 0 Å². The van der Waals surface area contributed by atoms with Crippen molar-refractivity contribution in [3.05, 3.63) is 87.0 Å². The molecule has 33 heavy (non-hydrogen) atoms. The molecule has 0 bridgehead atoms. The molecule has 0 aliphatic carbocycles. The first-order valence-corrected chi connectivity index (χ1v) is 12.5. The van der Waals surface area contributed by atoms with E-state index in [2.05, 4.69) is 63.5 Å². The average Bonchev–Trinajstić information content (AvgIpc) is 3.31. The zero-order valence-corrected chi connectivity index (χ0v) is 19.8. The Morgan fingerprint density at radius 3 is 2.67 bits per heavy atom. The van der Waals surface area contributed by atoms with Gasteiger partial charge in [-0.25, -0.2) is 4.68 Å². The molecule has 1 saturated heterocycles. The number of tetrazole rings is 1. The van der Waals surface area contributed by atoms with E-state index in [4.69, 9.17) is 0 Å². The number of nitrogens with zero attached hydrogens (tertiary/aromatic N) is 5. The van der Waals surface area contributed by atoms with Crippen molar-refractivity contribution in [3.63, 3.8) is 0 Å². The number of benzene rings is 2. The summed E-state index contributed by atoms with van der Waals surface area (Å²) in [4.78, 5) is 18.9. The lowest BCUT2D eigenvalue weighted by atomic mass is 10.00. The molecule has 0 amide bonds. The summed E-state index contributed by atoms with van der Waals surface area (Å²) in [5.41, 5.74) is 5.04. The van der Waals surface area contributed by atoms with E-state index in [1.165, 1.54) is 11.1 Å². The number of H-pyrrole nitrogens is 1. The second-order valence-electron chi connectivity index (χ2n) is 8.57. The van der Waals surface area contributed by atoms with E-state index >= 15 is 0 Å². The molecular weight excluding hydrogens is 432 g/mol. The van der Waals surface area contributed by atoms with Crippen LogP contribution in [0.3, 0.4) is 0 Å². The molecule has 170 valence electrons. The van der Waals surface area contributed by atoms with Crippen LogP contribution in [0, 0.1) is 13.8 Å². The van der Waals surface area contributed by atoms with E-state index in [0.717, 1.165) is 53.3 Å². The second kappa shape index (κ2) is 9.49. The van der Waals surface area contributed by atoms with E-state index in [-0.39, 0.29) is 11.6 Å². The minimum Gasteiger partial charge on any atom is -0.321 e. The van der Waals surface area contributed by atoms with Crippen LogP contribution in [-0.2, 0) is 13.0 Å². The highest BCUT2D eigenvalue weighted by Gasteiger charge is 2.31. The first kappa shape index (κ1) is 21.9. The molecule has 0 saturated carbocycles. The summed E-state index contributed by atoms with van der Waals surface area (Å²) in [6.07, 6.45) is 0.827. The molecule has 5 rings (SSSR count). The van der Waals surface area contributed by atoms with Crippen molar-refractivity contribution in [2.24, 2.45) is 0 Å². The van der Waals surface area contributed by atoms with E-state index in [1.807, 2.05) is 40.7 Å². The van der Waals surface area contributed by atoms with Gasteiger partial charge in [0, 0.05) is 36.7 Å². The minimum absolute atomic E-state index is 0.0722. The van der Waals surface area contributed by atoms with Gasteiger partial charge in [0.25, 0.3) is 5.56 Å². The van der Waals surface area contributed by atoms with Crippen molar-refractivity contribution in [2.45, 2.75) is 32.9 Å². The molecule has 8 heteroatoms. The molecule has 4 aromatic rings. The Balaban J connectivity index is 1.57. The van der Waals surface area contributed by atoms with Crippen LogP contribution in [0.15, 0.2) is 53.3 Å². The molecule has 3 heterocycles.